The maximum Gasteiger partial charge on any atom is 0.111 e. The minimum absolute atomic E-state index is 0. The monoisotopic (exact) mass is 124 g/mol. The number of hydrogen-bond acceptors (Lipinski definition) is 4. The fourth-order valence-corrected chi connectivity index (χ4v) is 0.501. The Morgan fingerprint density at radius 2 is 2.56 bits per heavy atom. The summed E-state index contributed by atoms with van der Waals surface area (Å²) >= 11 is 0. The molecule has 1 aromatic heterocycles. The van der Waals surface area contributed by atoms with Gasteiger partial charge in [-0.3, -0.25) is 4.98 Å². The van der Waals surface area contributed by atoms with Gasteiger partial charge in [0.25, 0.3) is 0 Å². The Morgan fingerprint density at radius 1 is 1.78 bits per heavy atom. The molecular formula is C5H8N4. The predicted molar refractivity (Wildman–Crippen MR) is 35.6 cm³/mol. The number of nitrogens with zero attached hydrogens (tertiary/aromatic N) is 2. The van der Waals surface area contributed by atoms with Crippen molar-refractivity contribution in [2.75, 3.05) is 5.73 Å². The molecule has 1 aromatic rings. The van der Waals surface area contributed by atoms with E-state index in [4.69, 9.17) is 11.3 Å². The topological polar surface area (TPSA) is 75.1 Å². The molecule has 0 bridgehead atoms. The van der Waals surface area contributed by atoms with Crippen LogP contribution >= 0.6 is 0 Å². The molecule has 48 valence electrons. The second-order valence-corrected chi connectivity index (χ2v) is 1.55. The smallest absolute Gasteiger partial charge is 0.111 e. The van der Waals surface area contributed by atoms with E-state index in [-0.39, 0.29) is 1.43 Å². The van der Waals surface area contributed by atoms with Crippen LogP contribution in [0.2, 0.25) is 0 Å². The summed E-state index contributed by atoms with van der Waals surface area (Å²) in [7, 11) is 0. The van der Waals surface area contributed by atoms with Crippen LogP contribution in [0.4, 0.5) is 11.4 Å². The van der Waals surface area contributed by atoms with Gasteiger partial charge < -0.3 is 5.73 Å². The van der Waals surface area contributed by atoms with E-state index in [1.54, 1.807) is 12.3 Å². The van der Waals surface area contributed by atoms with Crippen LogP contribution in [0, 0.1) is 5.53 Å². The molecule has 0 saturated heterocycles. The molecular weight excluding hydrogens is 116 g/mol. The van der Waals surface area contributed by atoms with E-state index in [9.17, 15) is 0 Å². The number of nitrogens with two attached hydrogens (primary N) is 1. The van der Waals surface area contributed by atoms with Gasteiger partial charge in [0.2, 0.25) is 0 Å². The van der Waals surface area contributed by atoms with Gasteiger partial charge in [-0.15, -0.1) is 0 Å². The number of rotatable bonds is 1. The molecule has 3 N–H and O–H groups in total. The van der Waals surface area contributed by atoms with Crippen LogP contribution in [-0.2, 0) is 0 Å². The Kier molecular flexibility index (Phi) is 1.40. The lowest BCUT2D eigenvalue weighted by Crippen LogP contribution is -1.84. The maximum atomic E-state index is 6.60. The molecule has 9 heavy (non-hydrogen) atoms. The standard InChI is InChI=1S/C5H6N4.H2/c6-4-3-8-2-1-5(4)9-7;/h1-3,7H,6H2;1H. The minimum atomic E-state index is 0. The third-order valence-corrected chi connectivity index (χ3v) is 0.948. The summed E-state index contributed by atoms with van der Waals surface area (Å²) in [5, 5.41) is 3.16. The zero-order chi connectivity index (χ0) is 6.69. The number of anilines is 1. The Morgan fingerprint density at radius 3 is 3.00 bits per heavy atom. The normalized spacial score (nSPS) is 8.89. The van der Waals surface area contributed by atoms with Gasteiger partial charge >= 0.3 is 0 Å². The van der Waals surface area contributed by atoms with Crippen LogP contribution in [0.1, 0.15) is 1.43 Å². The van der Waals surface area contributed by atoms with Crippen molar-refractivity contribution in [1.82, 2.24) is 4.98 Å². The lowest BCUT2D eigenvalue weighted by molar-refractivity contribution is 1.14. The van der Waals surface area contributed by atoms with Crippen molar-refractivity contribution in [1.29, 1.82) is 5.53 Å². The number of pyridine rings is 1. The summed E-state index contributed by atoms with van der Waals surface area (Å²) in [6.07, 6.45) is 3.01. The summed E-state index contributed by atoms with van der Waals surface area (Å²) in [6, 6.07) is 1.59. The van der Waals surface area contributed by atoms with Gasteiger partial charge in [-0.2, -0.15) is 5.11 Å². The highest BCUT2D eigenvalue weighted by molar-refractivity contribution is 5.59. The zero-order valence-corrected chi connectivity index (χ0v) is 4.70. The lowest BCUT2D eigenvalue weighted by atomic mass is 10.4. The fraction of sp³-hybridized carbons (Fsp3) is 0. The Labute approximate surface area is 53.7 Å². The third-order valence-electron chi connectivity index (χ3n) is 0.948. The van der Waals surface area contributed by atoms with E-state index in [0.29, 0.717) is 11.4 Å². The molecule has 4 nitrogen and oxygen atoms in total. The number of hydrogen-bond donors (Lipinski definition) is 2. The summed E-state index contributed by atoms with van der Waals surface area (Å²) in [4.78, 5) is 3.72. The molecule has 0 radical (unpaired) electrons. The molecule has 0 amide bonds. The van der Waals surface area contributed by atoms with Crippen molar-refractivity contribution in [2.24, 2.45) is 5.11 Å². The zero-order valence-electron chi connectivity index (χ0n) is 4.70. The molecule has 0 fully saturated rings. The number of nitrogens with one attached hydrogen (secondary N) is 1. The van der Waals surface area contributed by atoms with E-state index in [2.05, 4.69) is 10.1 Å². The van der Waals surface area contributed by atoms with Crippen molar-refractivity contribution in [3.63, 3.8) is 0 Å². The Hall–Kier alpha value is -1.45. The Balaban J connectivity index is 0.000000810. The van der Waals surface area contributed by atoms with Gasteiger partial charge in [0.05, 0.1) is 11.9 Å². The first-order valence-electron chi connectivity index (χ1n) is 2.41. The molecule has 0 aliphatic rings. The predicted octanol–water partition coefficient (Wildman–Crippen LogP) is 1.57. The van der Waals surface area contributed by atoms with Gasteiger partial charge in [0.15, 0.2) is 0 Å². The average Bonchev–Trinajstić information content (AvgIpc) is 1.89. The van der Waals surface area contributed by atoms with Crippen molar-refractivity contribution >= 4 is 11.4 Å². The van der Waals surface area contributed by atoms with Gasteiger partial charge in [-0.1, -0.05) is 0 Å². The molecule has 0 aliphatic heterocycles. The summed E-state index contributed by atoms with van der Waals surface area (Å²) < 4.78 is 0. The highest BCUT2D eigenvalue weighted by atomic mass is 15.0. The van der Waals surface area contributed by atoms with E-state index in [1.807, 2.05) is 0 Å². The highest BCUT2D eigenvalue weighted by Gasteiger charge is 1.91. The first kappa shape index (κ1) is 5.68. The van der Waals surface area contributed by atoms with Crippen LogP contribution in [0.25, 0.3) is 0 Å². The second kappa shape index (κ2) is 2.21. The molecule has 0 spiro atoms. The molecule has 1 heterocycles. The summed E-state index contributed by atoms with van der Waals surface area (Å²) in [5.74, 6) is 0. The fourth-order valence-electron chi connectivity index (χ4n) is 0.501. The largest absolute Gasteiger partial charge is 0.396 e. The number of nitrogen functional groups attached to an aromatic ring is 1. The molecule has 0 aromatic carbocycles. The third kappa shape index (κ3) is 1.02. The Bertz CT molecular complexity index is 225. The SMILES string of the molecule is N=Nc1ccncc1N.[HH]. The average molecular weight is 124 g/mol. The quantitative estimate of drug-likeness (QED) is 0.557. The first-order valence-corrected chi connectivity index (χ1v) is 2.41. The van der Waals surface area contributed by atoms with Crippen molar-refractivity contribution in [3.8, 4) is 0 Å². The highest BCUT2D eigenvalue weighted by Crippen LogP contribution is 2.17. The van der Waals surface area contributed by atoms with E-state index < -0.39 is 0 Å². The molecule has 0 atom stereocenters. The van der Waals surface area contributed by atoms with Gasteiger partial charge in [-0.05, 0) is 6.07 Å². The van der Waals surface area contributed by atoms with Crippen LogP contribution in [-0.4, -0.2) is 4.98 Å². The lowest BCUT2D eigenvalue weighted by Gasteiger charge is -1.92. The van der Waals surface area contributed by atoms with Crippen molar-refractivity contribution in [3.05, 3.63) is 18.5 Å². The van der Waals surface area contributed by atoms with Crippen molar-refractivity contribution in [2.45, 2.75) is 0 Å². The first-order chi connectivity index (χ1) is 4.34. The van der Waals surface area contributed by atoms with E-state index >= 15 is 0 Å². The minimum Gasteiger partial charge on any atom is -0.396 e. The molecule has 4 heteroatoms. The van der Waals surface area contributed by atoms with Crippen LogP contribution < -0.4 is 5.73 Å². The van der Waals surface area contributed by atoms with Crippen LogP contribution in [0.5, 0.6) is 0 Å². The van der Waals surface area contributed by atoms with Gasteiger partial charge in [0.1, 0.15) is 5.69 Å². The van der Waals surface area contributed by atoms with Crippen LogP contribution in [0.15, 0.2) is 23.6 Å². The second-order valence-electron chi connectivity index (χ2n) is 1.55. The molecule has 0 saturated carbocycles. The number of aromatic nitrogens is 1. The molecule has 0 aliphatic carbocycles. The van der Waals surface area contributed by atoms with Crippen molar-refractivity contribution < 1.29 is 1.43 Å². The molecule has 0 unspecified atom stereocenters. The summed E-state index contributed by atoms with van der Waals surface area (Å²) in [5.41, 5.74) is 12.9. The maximum absolute atomic E-state index is 6.60. The van der Waals surface area contributed by atoms with Gasteiger partial charge in [-0.25, -0.2) is 5.53 Å². The molecule has 1 rings (SSSR count). The van der Waals surface area contributed by atoms with Gasteiger partial charge in [0, 0.05) is 7.62 Å². The van der Waals surface area contributed by atoms with Crippen LogP contribution in [0.3, 0.4) is 0 Å². The van der Waals surface area contributed by atoms with E-state index in [0.717, 1.165) is 0 Å². The van der Waals surface area contributed by atoms with E-state index in [1.165, 1.54) is 6.20 Å². The summed E-state index contributed by atoms with van der Waals surface area (Å²) in [6.45, 7) is 0.